The Hall–Kier alpha value is -3.23. The average molecular weight is 453 g/mol. The maximum absolute atomic E-state index is 13.0. The zero-order valence-electron chi connectivity index (χ0n) is 17.3. The van der Waals surface area contributed by atoms with Gasteiger partial charge < -0.3 is 15.2 Å². The highest BCUT2D eigenvalue weighted by atomic mass is 32.2. The molecular weight excluding hydrogens is 428 g/mol. The molecule has 0 fully saturated rings. The van der Waals surface area contributed by atoms with Gasteiger partial charge in [-0.1, -0.05) is 54.6 Å². The molecule has 2 unspecified atom stereocenters. The van der Waals surface area contributed by atoms with Crippen LogP contribution in [0.5, 0.6) is 0 Å². The number of carbonyl (C=O) groups is 1. The highest BCUT2D eigenvalue weighted by Gasteiger charge is 2.44. The van der Waals surface area contributed by atoms with Crippen molar-refractivity contribution in [2.45, 2.75) is 36.0 Å². The SMILES string of the molecule is O=C(NC1Cc2cccnc2C(O)(CS(=O)(=O)c2ccccc2)C1)OCc1ccccc1. The number of rotatable bonds is 6. The summed E-state index contributed by atoms with van der Waals surface area (Å²) in [4.78, 5) is 16.8. The van der Waals surface area contributed by atoms with Gasteiger partial charge in [0.1, 0.15) is 12.2 Å². The molecule has 3 aromatic rings. The molecule has 2 atom stereocenters. The van der Waals surface area contributed by atoms with E-state index in [0.717, 1.165) is 5.56 Å². The number of alkyl carbamates (subject to hydrolysis) is 1. The van der Waals surface area contributed by atoms with Gasteiger partial charge in [-0.25, -0.2) is 13.2 Å². The van der Waals surface area contributed by atoms with Gasteiger partial charge in [-0.15, -0.1) is 0 Å². The van der Waals surface area contributed by atoms with Crippen LogP contribution in [0.4, 0.5) is 4.79 Å². The van der Waals surface area contributed by atoms with Crippen molar-refractivity contribution >= 4 is 15.9 Å². The summed E-state index contributed by atoms with van der Waals surface area (Å²) < 4.78 is 31.3. The molecule has 1 aliphatic rings. The number of aliphatic hydroxyl groups is 1. The maximum Gasteiger partial charge on any atom is 0.407 e. The summed E-state index contributed by atoms with van der Waals surface area (Å²) in [5.41, 5.74) is 0.125. The molecule has 0 radical (unpaired) electrons. The molecule has 1 aromatic heterocycles. The molecular formula is C24H24N2O5S. The van der Waals surface area contributed by atoms with Crippen molar-refractivity contribution in [2.24, 2.45) is 0 Å². The molecule has 0 spiro atoms. The number of benzene rings is 2. The van der Waals surface area contributed by atoms with E-state index in [1.165, 1.54) is 18.3 Å². The van der Waals surface area contributed by atoms with Crippen LogP contribution in [-0.4, -0.2) is 36.4 Å². The second-order valence-corrected chi connectivity index (χ2v) is 9.92. The minimum atomic E-state index is -3.79. The summed E-state index contributed by atoms with van der Waals surface area (Å²) in [6.07, 6.45) is 1.32. The number of fused-ring (bicyclic) bond motifs is 1. The number of aromatic nitrogens is 1. The third kappa shape index (κ3) is 4.98. The van der Waals surface area contributed by atoms with Crippen LogP contribution < -0.4 is 5.32 Å². The van der Waals surface area contributed by atoms with Crippen molar-refractivity contribution in [2.75, 3.05) is 5.75 Å². The first-order chi connectivity index (χ1) is 15.4. The Morgan fingerprint density at radius 1 is 1.06 bits per heavy atom. The van der Waals surface area contributed by atoms with Crippen LogP contribution in [0.1, 0.15) is 23.2 Å². The van der Waals surface area contributed by atoms with Gasteiger partial charge in [-0.05, 0) is 35.7 Å². The second-order valence-electron chi connectivity index (χ2n) is 7.93. The van der Waals surface area contributed by atoms with Crippen molar-refractivity contribution in [1.82, 2.24) is 10.3 Å². The fraction of sp³-hybridized carbons (Fsp3) is 0.250. The Labute approximate surface area is 187 Å². The quantitative estimate of drug-likeness (QED) is 0.596. The zero-order valence-corrected chi connectivity index (χ0v) is 18.2. The van der Waals surface area contributed by atoms with Gasteiger partial charge in [0.15, 0.2) is 9.84 Å². The first-order valence-electron chi connectivity index (χ1n) is 10.3. The zero-order chi connectivity index (χ0) is 22.6. The summed E-state index contributed by atoms with van der Waals surface area (Å²) in [6.45, 7) is 0.115. The van der Waals surface area contributed by atoms with Gasteiger partial charge in [0.2, 0.25) is 0 Å². The lowest BCUT2D eigenvalue weighted by atomic mass is 9.81. The van der Waals surface area contributed by atoms with Crippen LogP contribution in [0, 0.1) is 0 Å². The molecule has 1 heterocycles. The van der Waals surface area contributed by atoms with E-state index in [0.29, 0.717) is 17.7 Å². The number of nitrogens with zero attached hydrogens (tertiary/aromatic N) is 1. The van der Waals surface area contributed by atoms with E-state index in [2.05, 4.69) is 10.3 Å². The van der Waals surface area contributed by atoms with Crippen molar-refractivity contribution in [3.8, 4) is 0 Å². The van der Waals surface area contributed by atoms with E-state index in [4.69, 9.17) is 4.74 Å². The first-order valence-corrected chi connectivity index (χ1v) is 11.9. The monoisotopic (exact) mass is 452 g/mol. The number of pyridine rings is 1. The molecule has 1 amide bonds. The van der Waals surface area contributed by atoms with E-state index >= 15 is 0 Å². The van der Waals surface area contributed by atoms with E-state index in [-0.39, 0.29) is 17.9 Å². The molecule has 0 bridgehead atoms. The Kier molecular flexibility index (Phi) is 6.25. The molecule has 0 saturated heterocycles. The third-order valence-electron chi connectivity index (χ3n) is 5.45. The van der Waals surface area contributed by atoms with Crippen LogP contribution in [0.3, 0.4) is 0 Å². The number of hydrogen-bond acceptors (Lipinski definition) is 6. The van der Waals surface area contributed by atoms with Gasteiger partial charge in [-0.2, -0.15) is 0 Å². The summed E-state index contributed by atoms with van der Waals surface area (Å²) in [7, 11) is -3.79. The van der Waals surface area contributed by atoms with Gasteiger partial charge in [0.05, 0.1) is 16.3 Å². The number of nitrogens with one attached hydrogen (secondary N) is 1. The highest BCUT2D eigenvalue weighted by Crippen LogP contribution is 2.36. The van der Waals surface area contributed by atoms with Gasteiger partial charge >= 0.3 is 6.09 Å². The molecule has 166 valence electrons. The number of sulfone groups is 1. The van der Waals surface area contributed by atoms with E-state index in [9.17, 15) is 18.3 Å². The summed E-state index contributed by atoms with van der Waals surface area (Å²) in [6, 6.07) is 20.3. The molecule has 2 aromatic carbocycles. The second kappa shape index (κ2) is 9.10. The first kappa shape index (κ1) is 22.0. The fourth-order valence-electron chi connectivity index (χ4n) is 4.05. The molecule has 0 aliphatic heterocycles. The third-order valence-corrected chi connectivity index (χ3v) is 7.30. The Morgan fingerprint density at radius 2 is 1.75 bits per heavy atom. The van der Waals surface area contributed by atoms with Crippen LogP contribution in [-0.2, 0) is 33.2 Å². The van der Waals surface area contributed by atoms with E-state index < -0.39 is 33.3 Å². The maximum atomic E-state index is 13.0. The van der Waals surface area contributed by atoms with Crippen molar-refractivity contribution < 1.29 is 23.1 Å². The van der Waals surface area contributed by atoms with Gasteiger partial charge in [0, 0.05) is 18.7 Å². The normalized spacial score (nSPS) is 20.2. The largest absolute Gasteiger partial charge is 0.445 e. The minimum Gasteiger partial charge on any atom is -0.445 e. The Balaban J connectivity index is 1.52. The lowest BCUT2D eigenvalue weighted by Gasteiger charge is -2.37. The number of carbonyl (C=O) groups excluding carboxylic acids is 1. The topological polar surface area (TPSA) is 106 Å². The molecule has 8 heteroatoms. The standard InChI is InChI=1S/C24H24N2O5S/c27-23(31-16-18-8-3-1-4-9-18)26-20-14-19-10-7-13-25-22(19)24(28,15-20)17-32(29,30)21-11-5-2-6-12-21/h1-13,20,28H,14-17H2,(H,26,27). The van der Waals surface area contributed by atoms with Gasteiger partial charge in [-0.3, -0.25) is 4.98 Å². The molecule has 4 rings (SSSR count). The Bertz CT molecular complexity index is 1190. The van der Waals surface area contributed by atoms with E-state index in [1.54, 1.807) is 30.3 Å². The Morgan fingerprint density at radius 3 is 2.47 bits per heavy atom. The van der Waals surface area contributed by atoms with Crippen molar-refractivity contribution in [3.63, 3.8) is 0 Å². The summed E-state index contributed by atoms with van der Waals surface area (Å²) in [5.74, 6) is -0.536. The van der Waals surface area contributed by atoms with Crippen LogP contribution in [0.25, 0.3) is 0 Å². The van der Waals surface area contributed by atoms with Gasteiger partial charge in [0.25, 0.3) is 0 Å². The minimum absolute atomic E-state index is 0.00349. The molecule has 32 heavy (non-hydrogen) atoms. The summed E-state index contributed by atoms with van der Waals surface area (Å²) >= 11 is 0. The average Bonchev–Trinajstić information content (AvgIpc) is 2.78. The van der Waals surface area contributed by atoms with Crippen LogP contribution >= 0.6 is 0 Å². The molecule has 0 saturated carbocycles. The lowest BCUT2D eigenvalue weighted by molar-refractivity contribution is 0.0260. The van der Waals surface area contributed by atoms with Crippen LogP contribution in [0.2, 0.25) is 0 Å². The number of hydrogen-bond donors (Lipinski definition) is 2. The molecule has 1 aliphatic carbocycles. The van der Waals surface area contributed by atoms with Crippen LogP contribution in [0.15, 0.2) is 83.9 Å². The predicted octanol–water partition coefficient (Wildman–Crippen LogP) is 2.98. The predicted molar refractivity (Wildman–Crippen MR) is 119 cm³/mol. The van der Waals surface area contributed by atoms with Crippen molar-refractivity contribution in [3.05, 3.63) is 95.8 Å². The molecule has 2 N–H and O–H groups in total. The fourth-order valence-corrected chi connectivity index (χ4v) is 5.67. The highest BCUT2D eigenvalue weighted by molar-refractivity contribution is 7.91. The lowest BCUT2D eigenvalue weighted by Crippen LogP contribution is -2.49. The summed E-state index contributed by atoms with van der Waals surface area (Å²) in [5, 5.41) is 14.2. The smallest absolute Gasteiger partial charge is 0.407 e. The number of amides is 1. The van der Waals surface area contributed by atoms with E-state index in [1.807, 2.05) is 30.3 Å². The number of ether oxygens (including phenoxy) is 1. The molecule has 7 nitrogen and oxygen atoms in total. The van der Waals surface area contributed by atoms with Crippen molar-refractivity contribution in [1.29, 1.82) is 0 Å².